The van der Waals surface area contributed by atoms with Crippen LogP contribution in [0.1, 0.15) is 10.4 Å². The number of fused-ring (bicyclic) bond motifs is 1. The minimum absolute atomic E-state index is 0.0944. The molecule has 7 aromatic rings. The molecule has 0 N–H and O–H groups in total. The van der Waals surface area contributed by atoms with Gasteiger partial charge in [-0.05, 0) is 17.5 Å². The van der Waals surface area contributed by atoms with Crippen molar-refractivity contribution < 1.29 is 97.2 Å². The summed E-state index contributed by atoms with van der Waals surface area (Å²) >= 11 is 6.00. The van der Waals surface area contributed by atoms with Crippen LogP contribution in [0.5, 0.6) is 0 Å². The fourth-order valence-electron chi connectivity index (χ4n) is 7.06. The van der Waals surface area contributed by atoms with Crippen molar-refractivity contribution in [3.05, 3.63) is 194 Å². The third-order valence-electron chi connectivity index (χ3n) is 9.93. The van der Waals surface area contributed by atoms with Crippen LogP contribution in [0.2, 0.25) is 5.02 Å². The molecule has 1 aromatic heterocycles. The highest BCUT2D eigenvalue weighted by Crippen LogP contribution is 2.31. The number of benzene rings is 6. The number of halogens is 21. The Morgan fingerprint density at radius 1 is 0.400 bits per heavy atom. The lowest BCUT2D eigenvalue weighted by Crippen LogP contribution is -2.81. The molecule has 0 aliphatic carbocycles. The monoisotopic (exact) mass is 961 g/mol. The maximum absolute atomic E-state index is 15.4. The van der Waals surface area contributed by atoms with E-state index < -0.39 is 144 Å². The van der Waals surface area contributed by atoms with Gasteiger partial charge in [-0.1, -0.05) is 48.0 Å². The number of hydrogen-bond donors (Lipinski definition) is 0. The number of carbonyl (C=O) groups is 1. The lowest BCUT2D eigenvalue weighted by molar-refractivity contribution is -0.681. The van der Waals surface area contributed by atoms with Crippen LogP contribution in [0, 0.1) is 116 Å². The van der Waals surface area contributed by atoms with E-state index in [0.717, 1.165) is 16.3 Å². The van der Waals surface area contributed by atoms with Gasteiger partial charge in [-0.15, -0.1) is 21.9 Å². The Morgan fingerprint density at radius 2 is 0.708 bits per heavy atom. The lowest BCUT2D eigenvalue weighted by Gasteiger charge is -2.44. The van der Waals surface area contributed by atoms with Crippen LogP contribution in [0.15, 0.2) is 67.0 Å². The number of hydrogen-bond acceptors (Lipinski definition) is 1. The minimum atomic E-state index is -7.22. The van der Waals surface area contributed by atoms with E-state index in [1.807, 2.05) is 71.6 Å². The van der Waals surface area contributed by atoms with Crippen molar-refractivity contribution in [2.75, 3.05) is 0 Å². The van der Waals surface area contributed by atoms with E-state index in [1.165, 1.54) is 0 Å². The van der Waals surface area contributed by atoms with Crippen LogP contribution in [0.4, 0.5) is 87.8 Å². The number of aromatic nitrogens is 1. The van der Waals surface area contributed by atoms with Crippen LogP contribution >= 0.6 is 11.6 Å². The number of rotatable bonds is 7. The standard InChI is InChI=1S/C24BF20.C17H13ClNO/c26-5-1(6(27)14(35)21(42)13(5)34)25(2-7(28)15(36)22(43)16(37)8(2)29,3-9(30)17(38)23(44)18(39)10(3)31)4-11(32)19(40)24(45)20(41)12(4)33;18-16-7-6-13-8-9-19(11-15(13)10-16)12-17(20)14-4-2-1-3-5-14/h;1-11H,12H2/q-1;+1. The van der Waals surface area contributed by atoms with Gasteiger partial charge in [0.2, 0.25) is 12.3 Å². The molecule has 24 heteroatoms. The summed E-state index contributed by atoms with van der Waals surface area (Å²) in [6, 6.07) is 17.0. The molecule has 65 heavy (non-hydrogen) atoms. The predicted octanol–water partition coefficient (Wildman–Crippen LogP) is 9.51. The molecule has 0 amide bonds. The van der Waals surface area contributed by atoms with Crippen LogP contribution in [-0.2, 0) is 6.54 Å². The second-order valence-electron chi connectivity index (χ2n) is 13.5. The molecule has 0 saturated heterocycles. The van der Waals surface area contributed by atoms with Crippen molar-refractivity contribution in [3.63, 3.8) is 0 Å². The van der Waals surface area contributed by atoms with E-state index in [2.05, 4.69) is 0 Å². The first kappa shape index (κ1) is 47.8. The largest absolute Gasteiger partial charge is 0.287 e. The molecule has 0 bridgehead atoms. The summed E-state index contributed by atoms with van der Waals surface area (Å²) in [5, 5.41) is 2.84. The number of carbonyl (C=O) groups excluding carboxylic acids is 1. The molecule has 7 rings (SSSR count). The van der Waals surface area contributed by atoms with Crippen molar-refractivity contribution in [2.45, 2.75) is 6.54 Å². The van der Waals surface area contributed by atoms with Crippen molar-refractivity contribution in [2.24, 2.45) is 0 Å². The Balaban J connectivity index is 0.000000289. The van der Waals surface area contributed by atoms with Gasteiger partial charge >= 0.3 is 0 Å². The first-order chi connectivity index (χ1) is 30.4. The molecular weight excluding hydrogens is 949 g/mol. The smallest absolute Gasteiger partial charge is 0.227 e. The van der Waals surface area contributed by atoms with Gasteiger partial charge < -0.3 is 0 Å². The summed E-state index contributed by atoms with van der Waals surface area (Å²) < 4.78 is 296. The van der Waals surface area contributed by atoms with Crippen molar-refractivity contribution in [1.82, 2.24) is 0 Å². The van der Waals surface area contributed by atoms with Gasteiger partial charge in [-0.25, -0.2) is 87.8 Å². The van der Waals surface area contributed by atoms with Crippen LogP contribution in [0.3, 0.4) is 0 Å². The zero-order valence-corrected chi connectivity index (χ0v) is 31.7. The average Bonchev–Trinajstić information content (AvgIpc) is 3.29. The molecule has 6 aromatic carbocycles. The quantitative estimate of drug-likeness (QED) is 0.0390. The van der Waals surface area contributed by atoms with Gasteiger partial charge in [0, 0.05) is 22.0 Å². The molecule has 0 spiro atoms. The molecule has 0 aliphatic heterocycles. The van der Waals surface area contributed by atoms with Crippen molar-refractivity contribution in [3.8, 4) is 0 Å². The lowest BCUT2D eigenvalue weighted by atomic mass is 9.12. The second-order valence-corrected chi connectivity index (χ2v) is 13.9. The molecule has 0 radical (unpaired) electrons. The number of pyridine rings is 1. The Kier molecular flexibility index (Phi) is 13.0. The van der Waals surface area contributed by atoms with Gasteiger partial charge in [0.1, 0.15) is 52.7 Å². The van der Waals surface area contributed by atoms with E-state index in [1.54, 1.807) is 0 Å². The summed E-state index contributed by atoms with van der Waals surface area (Å²) in [5.74, 6) is -71.3. The van der Waals surface area contributed by atoms with Gasteiger partial charge in [0.25, 0.3) is 0 Å². The van der Waals surface area contributed by atoms with E-state index in [9.17, 15) is 57.5 Å². The summed E-state index contributed by atoms with van der Waals surface area (Å²) in [5.41, 5.74) is -13.6. The van der Waals surface area contributed by atoms with Crippen molar-refractivity contribution in [1.29, 1.82) is 0 Å². The zero-order chi connectivity index (χ0) is 48.3. The molecule has 0 unspecified atom stereocenters. The highest BCUT2D eigenvalue weighted by Gasteiger charge is 2.52. The van der Waals surface area contributed by atoms with Gasteiger partial charge in [0.05, 0.1) is 0 Å². The molecule has 0 aliphatic rings. The molecule has 338 valence electrons. The van der Waals surface area contributed by atoms with Gasteiger partial charge in [0.15, 0.2) is 82.2 Å². The van der Waals surface area contributed by atoms with Gasteiger partial charge in [-0.3, -0.25) is 4.79 Å². The minimum Gasteiger partial charge on any atom is -0.287 e. The fraction of sp³-hybridized carbons (Fsp3) is 0.0244. The third kappa shape index (κ3) is 7.67. The first-order valence-corrected chi connectivity index (χ1v) is 17.7. The Hall–Kier alpha value is -6.65. The molecule has 2 nitrogen and oxygen atoms in total. The highest BCUT2D eigenvalue weighted by molar-refractivity contribution is 7.20. The van der Waals surface area contributed by atoms with E-state index in [0.29, 0.717) is 11.6 Å². The predicted molar refractivity (Wildman–Crippen MR) is 189 cm³/mol. The SMILES string of the molecule is Fc1c(F)c(F)c([B-](c2c(F)c(F)c(F)c(F)c2F)(c2c(F)c(F)c(F)c(F)c2F)c2c(F)c(F)c(F)c(F)c2F)c(F)c1F.O=C(C[n+]1ccc2ccc(Cl)cc2c1)c1ccccc1. The van der Waals surface area contributed by atoms with Crippen LogP contribution in [0.25, 0.3) is 10.8 Å². The Bertz CT molecular complexity index is 2730. The Labute approximate surface area is 353 Å². The normalized spacial score (nSPS) is 11.6. The topological polar surface area (TPSA) is 20.9 Å². The second kappa shape index (κ2) is 17.7. The van der Waals surface area contributed by atoms with Crippen LogP contribution < -0.4 is 26.4 Å². The van der Waals surface area contributed by atoms with Crippen molar-refractivity contribution >= 4 is 56.2 Å². The summed E-state index contributed by atoms with van der Waals surface area (Å²) in [6.45, 7) is 0.326. The summed E-state index contributed by atoms with van der Waals surface area (Å²) in [6.07, 6.45) is -3.36. The highest BCUT2D eigenvalue weighted by atomic mass is 35.5. The number of ketones is 1. The first-order valence-electron chi connectivity index (χ1n) is 17.3. The summed E-state index contributed by atoms with van der Waals surface area (Å²) in [4.78, 5) is 12.2. The number of nitrogens with zero attached hydrogens (tertiary/aromatic N) is 1. The van der Waals surface area contributed by atoms with Crippen LogP contribution in [-0.4, -0.2) is 11.9 Å². The third-order valence-corrected chi connectivity index (χ3v) is 10.2. The van der Waals surface area contributed by atoms with E-state index in [4.69, 9.17) is 11.6 Å². The fourth-order valence-corrected chi connectivity index (χ4v) is 7.24. The van der Waals surface area contributed by atoms with Gasteiger partial charge in [-0.2, -0.15) is 4.57 Å². The molecule has 1 heterocycles. The molecule has 0 saturated carbocycles. The summed E-state index contributed by atoms with van der Waals surface area (Å²) in [7, 11) is 0. The van der Waals surface area contributed by atoms with E-state index in [-0.39, 0.29) is 5.78 Å². The number of Topliss-reactive ketones (excluding diaryl/α,β-unsaturated/α-hetero) is 1. The zero-order valence-electron chi connectivity index (χ0n) is 30.9. The average molecular weight is 962 g/mol. The van der Waals surface area contributed by atoms with E-state index >= 15 is 35.1 Å². The molecule has 0 fully saturated rings. The maximum atomic E-state index is 15.4. The molecule has 0 atom stereocenters. The molecular formula is C41H13BClF20NO. The maximum Gasteiger partial charge on any atom is 0.227 e. The Morgan fingerprint density at radius 3 is 1.03 bits per heavy atom.